The summed E-state index contributed by atoms with van der Waals surface area (Å²) in [5, 5.41) is 0.582. The van der Waals surface area contributed by atoms with Gasteiger partial charge in [-0.2, -0.15) is 0 Å². The Labute approximate surface area is 124 Å². The van der Waals surface area contributed by atoms with Crippen molar-refractivity contribution in [2.24, 2.45) is 0 Å². The van der Waals surface area contributed by atoms with Crippen LogP contribution >= 0.6 is 11.6 Å². The Morgan fingerprint density at radius 3 is 2.80 bits per heavy atom. The van der Waals surface area contributed by atoms with Gasteiger partial charge in [0.15, 0.2) is 5.78 Å². The Balaban J connectivity index is 1.84. The van der Waals surface area contributed by atoms with Gasteiger partial charge in [-0.25, -0.2) is 0 Å². The second-order valence-corrected chi connectivity index (χ2v) is 5.87. The van der Waals surface area contributed by atoms with Gasteiger partial charge in [-0.15, -0.1) is 0 Å². The minimum atomic E-state index is 0.0941. The van der Waals surface area contributed by atoms with Crippen molar-refractivity contribution in [3.05, 3.63) is 69.2 Å². The molecular weight excluding hydrogens is 268 g/mol. The largest absolute Gasteiger partial charge is 0.294 e. The van der Waals surface area contributed by atoms with E-state index in [1.807, 2.05) is 25.1 Å². The van der Waals surface area contributed by atoms with Crippen LogP contribution in [0.25, 0.3) is 0 Å². The van der Waals surface area contributed by atoms with Gasteiger partial charge in [0.1, 0.15) is 0 Å². The number of halogens is 1. The number of ketones is 1. The zero-order valence-electron chi connectivity index (χ0n) is 11.6. The molecule has 3 rings (SSSR count). The van der Waals surface area contributed by atoms with Crippen LogP contribution in [0.15, 0.2) is 36.4 Å². The monoisotopic (exact) mass is 284 g/mol. The van der Waals surface area contributed by atoms with Gasteiger partial charge in [0.2, 0.25) is 0 Å². The van der Waals surface area contributed by atoms with E-state index in [4.69, 9.17) is 11.6 Å². The molecule has 2 aromatic carbocycles. The number of benzene rings is 2. The maximum absolute atomic E-state index is 12.4. The van der Waals surface area contributed by atoms with Crippen LogP contribution < -0.4 is 0 Å². The summed E-state index contributed by atoms with van der Waals surface area (Å²) in [4.78, 5) is 12.4. The fourth-order valence-corrected chi connectivity index (χ4v) is 3.11. The van der Waals surface area contributed by atoms with Gasteiger partial charge in [0.25, 0.3) is 0 Å². The fraction of sp³-hybridized carbons (Fsp3) is 0.278. The molecular formula is C18H17ClO. The summed E-state index contributed by atoms with van der Waals surface area (Å²) in [6.07, 6.45) is 3.97. The number of hydrogen-bond donors (Lipinski definition) is 0. The molecule has 0 unspecified atom stereocenters. The second kappa shape index (κ2) is 5.41. The van der Waals surface area contributed by atoms with Crippen LogP contribution in [0.5, 0.6) is 0 Å². The van der Waals surface area contributed by atoms with Crippen molar-refractivity contribution in [3.8, 4) is 0 Å². The van der Waals surface area contributed by atoms with Crippen molar-refractivity contribution >= 4 is 17.4 Å². The summed E-state index contributed by atoms with van der Waals surface area (Å²) in [5.74, 6) is 0.0941. The topological polar surface area (TPSA) is 17.1 Å². The second-order valence-electron chi connectivity index (χ2n) is 5.49. The minimum absolute atomic E-state index is 0.0941. The van der Waals surface area contributed by atoms with E-state index in [9.17, 15) is 4.79 Å². The fourth-order valence-electron chi connectivity index (χ4n) is 2.88. The zero-order valence-corrected chi connectivity index (χ0v) is 12.3. The van der Waals surface area contributed by atoms with Crippen LogP contribution in [0.1, 0.15) is 39.0 Å². The van der Waals surface area contributed by atoms with Crippen molar-refractivity contribution in [1.29, 1.82) is 0 Å². The molecule has 0 saturated carbocycles. The number of aryl methyl sites for hydroxylation is 3. The molecule has 0 aromatic heterocycles. The summed E-state index contributed by atoms with van der Waals surface area (Å²) in [5.41, 5.74) is 5.52. The lowest BCUT2D eigenvalue weighted by molar-refractivity contribution is 0.0993. The molecule has 0 heterocycles. The van der Waals surface area contributed by atoms with Crippen molar-refractivity contribution < 1.29 is 4.79 Å². The standard InChI is InChI=1S/C18H17ClO/c1-12-4-2-7-16(18(12)19)17(20)11-13-8-9-14-5-3-6-15(14)10-13/h2,4,7-10H,3,5-6,11H2,1H3. The number of fused-ring (bicyclic) bond motifs is 1. The Morgan fingerprint density at radius 2 is 1.95 bits per heavy atom. The van der Waals surface area contributed by atoms with Crippen molar-refractivity contribution in [3.63, 3.8) is 0 Å². The van der Waals surface area contributed by atoms with Crippen LogP contribution in [0, 0.1) is 6.92 Å². The molecule has 20 heavy (non-hydrogen) atoms. The molecule has 2 heteroatoms. The van der Waals surface area contributed by atoms with E-state index < -0.39 is 0 Å². The van der Waals surface area contributed by atoms with E-state index in [0.29, 0.717) is 17.0 Å². The van der Waals surface area contributed by atoms with Crippen LogP contribution in [-0.2, 0) is 19.3 Å². The molecule has 0 atom stereocenters. The predicted molar refractivity (Wildman–Crippen MR) is 82.7 cm³/mol. The summed E-state index contributed by atoms with van der Waals surface area (Å²) >= 11 is 6.23. The summed E-state index contributed by atoms with van der Waals surface area (Å²) in [6, 6.07) is 12.1. The van der Waals surface area contributed by atoms with Gasteiger partial charge >= 0.3 is 0 Å². The first-order valence-electron chi connectivity index (χ1n) is 7.04. The molecule has 0 fully saturated rings. The predicted octanol–water partition coefficient (Wildman–Crippen LogP) is 4.56. The number of Topliss-reactive ketones (excluding diaryl/α,β-unsaturated/α-hetero) is 1. The quantitative estimate of drug-likeness (QED) is 0.755. The van der Waals surface area contributed by atoms with Crippen LogP contribution in [-0.4, -0.2) is 5.78 Å². The van der Waals surface area contributed by atoms with Gasteiger partial charge in [-0.3, -0.25) is 4.79 Å². The molecule has 0 bridgehead atoms. The molecule has 0 saturated heterocycles. The number of hydrogen-bond acceptors (Lipinski definition) is 1. The van der Waals surface area contributed by atoms with E-state index in [1.165, 1.54) is 24.0 Å². The van der Waals surface area contributed by atoms with Gasteiger partial charge in [0, 0.05) is 12.0 Å². The molecule has 1 nitrogen and oxygen atoms in total. The smallest absolute Gasteiger partial charge is 0.168 e. The molecule has 0 spiro atoms. The van der Waals surface area contributed by atoms with E-state index in [-0.39, 0.29) is 5.78 Å². The molecule has 2 aromatic rings. The Morgan fingerprint density at radius 1 is 1.15 bits per heavy atom. The average Bonchev–Trinajstić information content (AvgIpc) is 2.89. The Bertz CT molecular complexity index is 673. The van der Waals surface area contributed by atoms with E-state index >= 15 is 0 Å². The Hall–Kier alpha value is -1.60. The first-order chi connectivity index (χ1) is 9.65. The summed E-state index contributed by atoms with van der Waals surface area (Å²) in [6.45, 7) is 1.93. The highest BCUT2D eigenvalue weighted by Crippen LogP contribution is 2.25. The number of rotatable bonds is 3. The summed E-state index contributed by atoms with van der Waals surface area (Å²) < 4.78 is 0. The molecule has 0 amide bonds. The average molecular weight is 285 g/mol. The molecule has 1 aliphatic rings. The lowest BCUT2D eigenvalue weighted by atomic mass is 9.99. The maximum atomic E-state index is 12.4. The SMILES string of the molecule is Cc1cccc(C(=O)Cc2ccc3c(c2)CCC3)c1Cl. The van der Waals surface area contributed by atoms with Gasteiger partial charge in [-0.1, -0.05) is 41.9 Å². The number of carbonyl (C=O) groups is 1. The highest BCUT2D eigenvalue weighted by atomic mass is 35.5. The van der Waals surface area contributed by atoms with E-state index in [1.54, 1.807) is 0 Å². The van der Waals surface area contributed by atoms with E-state index in [0.717, 1.165) is 17.5 Å². The van der Waals surface area contributed by atoms with Crippen molar-refractivity contribution in [2.75, 3.05) is 0 Å². The zero-order chi connectivity index (χ0) is 14.1. The first-order valence-corrected chi connectivity index (χ1v) is 7.42. The summed E-state index contributed by atoms with van der Waals surface area (Å²) in [7, 11) is 0. The third kappa shape index (κ3) is 2.51. The first kappa shape index (κ1) is 13.4. The van der Waals surface area contributed by atoms with Crippen LogP contribution in [0.2, 0.25) is 5.02 Å². The lowest BCUT2D eigenvalue weighted by Crippen LogP contribution is -2.05. The van der Waals surface area contributed by atoms with Gasteiger partial charge in [-0.05, 0) is 54.5 Å². The van der Waals surface area contributed by atoms with Crippen LogP contribution in [0.4, 0.5) is 0 Å². The molecule has 0 radical (unpaired) electrons. The van der Waals surface area contributed by atoms with Crippen LogP contribution in [0.3, 0.4) is 0 Å². The minimum Gasteiger partial charge on any atom is -0.294 e. The third-order valence-corrected chi connectivity index (χ3v) is 4.52. The van der Waals surface area contributed by atoms with Gasteiger partial charge in [0.05, 0.1) is 5.02 Å². The highest BCUT2D eigenvalue weighted by Gasteiger charge is 2.15. The molecule has 102 valence electrons. The lowest BCUT2D eigenvalue weighted by Gasteiger charge is -2.07. The third-order valence-electron chi connectivity index (χ3n) is 4.02. The van der Waals surface area contributed by atoms with Crippen molar-refractivity contribution in [1.82, 2.24) is 0 Å². The molecule has 0 aliphatic heterocycles. The molecule has 0 N–H and O–H groups in total. The molecule has 1 aliphatic carbocycles. The maximum Gasteiger partial charge on any atom is 0.168 e. The van der Waals surface area contributed by atoms with Gasteiger partial charge < -0.3 is 0 Å². The number of carbonyl (C=O) groups excluding carboxylic acids is 1. The Kier molecular flexibility index (Phi) is 3.62. The van der Waals surface area contributed by atoms with E-state index in [2.05, 4.69) is 18.2 Å². The normalized spacial score (nSPS) is 13.3. The highest BCUT2D eigenvalue weighted by molar-refractivity contribution is 6.34. The van der Waals surface area contributed by atoms with Crippen molar-refractivity contribution in [2.45, 2.75) is 32.6 Å².